The molecule has 28 heavy (non-hydrogen) atoms. The molecule has 0 unspecified atom stereocenters. The van der Waals surface area contributed by atoms with Crippen LogP contribution in [0.4, 0.5) is 11.4 Å². The summed E-state index contributed by atoms with van der Waals surface area (Å²) < 4.78 is 9.68. The van der Waals surface area contributed by atoms with Gasteiger partial charge in [-0.2, -0.15) is 0 Å². The molecule has 0 spiro atoms. The van der Waals surface area contributed by atoms with Crippen LogP contribution in [0.25, 0.3) is 0 Å². The monoisotopic (exact) mass is 384 g/mol. The first-order chi connectivity index (χ1) is 13.5. The lowest BCUT2D eigenvalue weighted by atomic mass is 10.1. The maximum atomic E-state index is 12.3. The molecule has 0 fully saturated rings. The van der Waals surface area contributed by atoms with Gasteiger partial charge in [0.1, 0.15) is 6.61 Å². The number of carbonyl (C=O) groups excluding carboxylic acids is 3. The Morgan fingerprint density at radius 3 is 2.14 bits per heavy atom. The van der Waals surface area contributed by atoms with Crippen LogP contribution in [0.15, 0.2) is 48.5 Å². The lowest BCUT2D eigenvalue weighted by molar-refractivity contribution is -0.145. The Balaban J connectivity index is 1.80. The van der Waals surface area contributed by atoms with E-state index in [1.165, 1.54) is 7.11 Å². The number of ether oxygens (including phenoxy) is 2. The second kappa shape index (κ2) is 10.8. The van der Waals surface area contributed by atoms with Gasteiger partial charge >= 0.3 is 5.97 Å². The standard InChI is InChI=1S/C21H24N2O5/c1-15-5-3-4-6-18(15)21(26)23-17-9-7-16(8-10-17)22-19(24)11-12-20(25)28-14-13-27-2/h3-10H,11-14H2,1-2H3,(H,22,24)(H,23,26). The summed E-state index contributed by atoms with van der Waals surface area (Å²) in [6.07, 6.45) is 0.0255. The molecule has 7 nitrogen and oxygen atoms in total. The molecule has 2 aromatic carbocycles. The summed E-state index contributed by atoms with van der Waals surface area (Å²) in [6.45, 7) is 2.37. The minimum absolute atomic E-state index is 0.000114. The lowest BCUT2D eigenvalue weighted by Gasteiger charge is -2.09. The van der Waals surface area contributed by atoms with Crippen LogP contribution in [0.2, 0.25) is 0 Å². The van der Waals surface area contributed by atoms with E-state index in [9.17, 15) is 14.4 Å². The first-order valence-corrected chi connectivity index (χ1v) is 8.91. The van der Waals surface area contributed by atoms with Crippen LogP contribution >= 0.6 is 0 Å². The van der Waals surface area contributed by atoms with Crippen molar-refractivity contribution < 1.29 is 23.9 Å². The Kier molecular flexibility index (Phi) is 8.17. The molecular formula is C21H24N2O5. The van der Waals surface area contributed by atoms with Crippen molar-refractivity contribution in [2.45, 2.75) is 19.8 Å². The number of hydrogen-bond donors (Lipinski definition) is 2. The predicted octanol–water partition coefficient (Wildman–Crippen LogP) is 3.16. The Labute approximate surface area is 164 Å². The average molecular weight is 384 g/mol. The van der Waals surface area contributed by atoms with Gasteiger partial charge in [-0.1, -0.05) is 18.2 Å². The fraction of sp³-hybridized carbons (Fsp3) is 0.286. The van der Waals surface area contributed by atoms with Crippen LogP contribution in [-0.2, 0) is 19.1 Å². The fourth-order valence-electron chi connectivity index (χ4n) is 2.41. The number of benzene rings is 2. The number of hydrogen-bond acceptors (Lipinski definition) is 5. The molecule has 0 aliphatic heterocycles. The number of nitrogens with one attached hydrogen (secondary N) is 2. The van der Waals surface area contributed by atoms with Crippen molar-refractivity contribution >= 4 is 29.2 Å². The quantitative estimate of drug-likeness (QED) is 0.512. The molecule has 0 aromatic heterocycles. The van der Waals surface area contributed by atoms with Gasteiger partial charge in [0, 0.05) is 30.5 Å². The molecule has 0 aliphatic carbocycles. The van der Waals surface area contributed by atoms with Crippen molar-refractivity contribution in [2.24, 2.45) is 0 Å². The van der Waals surface area contributed by atoms with Crippen LogP contribution in [0.5, 0.6) is 0 Å². The van der Waals surface area contributed by atoms with E-state index in [0.717, 1.165) is 5.56 Å². The third-order valence-electron chi connectivity index (χ3n) is 3.92. The SMILES string of the molecule is COCCOC(=O)CCC(=O)Nc1ccc(NC(=O)c2ccccc2C)cc1. The second-order valence-corrected chi connectivity index (χ2v) is 6.11. The van der Waals surface area contributed by atoms with Gasteiger partial charge in [0.15, 0.2) is 0 Å². The van der Waals surface area contributed by atoms with Crippen LogP contribution in [0.3, 0.4) is 0 Å². The summed E-state index contributed by atoms with van der Waals surface area (Å²) >= 11 is 0. The minimum Gasteiger partial charge on any atom is -0.463 e. The van der Waals surface area contributed by atoms with Crippen LogP contribution < -0.4 is 10.6 Å². The van der Waals surface area contributed by atoms with E-state index in [1.54, 1.807) is 30.3 Å². The zero-order chi connectivity index (χ0) is 20.4. The smallest absolute Gasteiger partial charge is 0.306 e. The first-order valence-electron chi connectivity index (χ1n) is 8.91. The normalized spacial score (nSPS) is 10.2. The average Bonchev–Trinajstić information content (AvgIpc) is 2.68. The summed E-state index contributed by atoms with van der Waals surface area (Å²) in [4.78, 5) is 35.7. The Hall–Kier alpha value is -3.19. The molecule has 0 aliphatic rings. The highest BCUT2D eigenvalue weighted by Gasteiger charge is 2.10. The number of carbonyl (C=O) groups is 3. The van der Waals surface area contributed by atoms with Crippen molar-refractivity contribution in [3.8, 4) is 0 Å². The Bertz CT molecular complexity index is 818. The summed E-state index contributed by atoms with van der Waals surface area (Å²) in [5.74, 6) is -0.927. The van der Waals surface area contributed by atoms with Gasteiger partial charge in [-0.15, -0.1) is 0 Å². The zero-order valence-corrected chi connectivity index (χ0v) is 16.0. The van der Waals surface area contributed by atoms with Crippen LogP contribution in [0.1, 0.15) is 28.8 Å². The summed E-state index contributed by atoms with van der Waals surface area (Å²) in [7, 11) is 1.51. The van der Waals surface area contributed by atoms with E-state index in [2.05, 4.69) is 10.6 Å². The molecule has 0 atom stereocenters. The van der Waals surface area contributed by atoms with Crippen molar-refractivity contribution in [2.75, 3.05) is 31.0 Å². The van der Waals surface area contributed by atoms with Gasteiger partial charge in [-0.05, 0) is 42.8 Å². The highest BCUT2D eigenvalue weighted by Crippen LogP contribution is 2.16. The molecule has 2 amide bonds. The van der Waals surface area contributed by atoms with E-state index in [0.29, 0.717) is 23.5 Å². The van der Waals surface area contributed by atoms with E-state index >= 15 is 0 Å². The number of amides is 2. The summed E-state index contributed by atoms with van der Waals surface area (Å²) in [6, 6.07) is 14.1. The third-order valence-corrected chi connectivity index (χ3v) is 3.92. The Morgan fingerprint density at radius 2 is 1.50 bits per heavy atom. The number of esters is 1. The van der Waals surface area contributed by atoms with E-state index in [-0.39, 0.29) is 31.3 Å². The van der Waals surface area contributed by atoms with Gasteiger partial charge in [0.25, 0.3) is 5.91 Å². The molecule has 2 rings (SSSR count). The van der Waals surface area contributed by atoms with Gasteiger partial charge < -0.3 is 20.1 Å². The predicted molar refractivity (Wildman–Crippen MR) is 106 cm³/mol. The van der Waals surface area contributed by atoms with Crippen molar-refractivity contribution in [1.29, 1.82) is 0 Å². The molecule has 0 saturated carbocycles. The van der Waals surface area contributed by atoms with Gasteiger partial charge in [0.05, 0.1) is 13.0 Å². The molecule has 148 valence electrons. The van der Waals surface area contributed by atoms with Crippen molar-refractivity contribution in [1.82, 2.24) is 0 Å². The Morgan fingerprint density at radius 1 is 0.857 bits per heavy atom. The van der Waals surface area contributed by atoms with Crippen LogP contribution in [0, 0.1) is 6.92 Å². The van der Waals surface area contributed by atoms with Gasteiger partial charge in [-0.3, -0.25) is 14.4 Å². The van der Waals surface area contributed by atoms with Gasteiger partial charge in [-0.25, -0.2) is 0 Å². The topological polar surface area (TPSA) is 93.7 Å². The maximum Gasteiger partial charge on any atom is 0.306 e. The number of rotatable bonds is 9. The molecule has 0 bridgehead atoms. The van der Waals surface area contributed by atoms with Gasteiger partial charge in [0.2, 0.25) is 5.91 Å². The molecule has 7 heteroatoms. The number of methoxy groups -OCH3 is 1. The van der Waals surface area contributed by atoms with E-state index < -0.39 is 5.97 Å². The highest BCUT2D eigenvalue weighted by molar-refractivity contribution is 6.05. The molecule has 2 N–H and O–H groups in total. The second-order valence-electron chi connectivity index (χ2n) is 6.11. The molecule has 0 heterocycles. The van der Waals surface area contributed by atoms with Crippen LogP contribution in [-0.4, -0.2) is 38.1 Å². The van der Waals surface area contributed by atoms with E-state index in [1.807, 2.05) is 25.1 Å². The molecule has 0 radical (unpaired) electrons. The first kappa shape index (κ1) is 21.1. The number of aryl methyl sites for hydroxylation is 1. The number of anilines is 2. The zero-order valence-electron chi connectivity index (χ0n) is 16.0. The fourth-order valence-corrected chi connectivity index (χ4v) is 2.41. The largest absolute Gasteiger partial charge is 0.463 e. The summed E-state index contributed by atoms with van der Waals surface area (Å²) in [5, 5.41) is 5.52. The van der Waals surface area contributed by atoms with Crippen molar-refractivity contribution in [3.63, 3.8) is 0 Å². The van der Waals surface area contributed by atoms with E-state index in [4.69, 9.17) is 9.47 Å². The van der Waals surface area contributed by atoms with Crippen molar-refractivity contribution in [3.05, 3.63) is 59.7 Å². The molecule has 2 aromatic rings. The summed E-state index contributed by atoms with van der Waals surface area (Å²) in [5.41, 5.74) is 2.70. The maximum absolute atomic E-state index is 12.3. The molecule has 0 saturated heterocycles. The minimum atomic E-state index is -0.443. The molecular weight excluding hydrogens is 360 g/mol. The third kappa shape index (κ3) is 6.85. The lowest BCUT2D eigenvalue weighted by Crippen LogP contribution is -2.16. The highest BCUT2D eigenvalue weighted by atomic mass is 16.6.